The SMILES string of the molecule is O=C(NN=Cc1cc(Cc2ccc(OC(=O)c3ccccc3)c(C=NNC(=O)c3ccccc3)c2)ccc1OC(=O)c1ccccc1)c1ccccc1. The van der Waals surface area contributed by atoms with Crippen LogP contribution in [0.5, 0.6) is 11.5 Å². The molecule has 6 rings (SSSR count). The summed E-state index contributed by atoms with van der Waals surface area (Å²) in [7, 11) is 0. The van der Waals surface area contributed by atoms with E-state index in [2.05, 4.69) is 21.1 Å². The smallest absolute Gasteiger partial charge is 0.343 e. The van der Waals surface area contributed by atoms with Crippen LogP contribution in [-0.4, -0.2) is 36.2 Å². The van der Waals surface area contributed by atoms with Crippen LogP contribution in [0.3, 0.4) is 0 Å². The van der Waals surface area contributed by atoms with Crippen molar-refractivity contribution in [2.75, 3.05) is 0 Å². The Morgan fingerprint density at radius 2 is 0.792 bits per heavy atom. The van der Waals surface area contributed by atoms with Crippen molar-refractivity contribution in [3.8, 4) is 11.5 Å². The second-order valence-corrected chi connectivity index (χ2v) is 11.6. The Morgan fingerprint density at radius 1 is 0.453 bits per heavy atom. The number of ether oxygens (including phenoxy) is 2. The number of amides is 2. The van der Waals surface area contributed by atoms with E-state index in [1.54, 1.807) is 133 Å². The molecule has 10 heteroatoms. The molecule has 0 radical (unpaired) electrons. The number of nitrogens with one attached hydrogen (secondary N) is 2. The Morgan fingerprint density at radius 3 is 1.15 bits per heavy atom. The van der Waals surface area contributed by atoms with Crippen molar-refractivity contribution in [3.63, 3.8) is 0 Å². The summed E-state index contributed by atoms with van der Waals surface area (Å²) < 4.78 is 11.5. The summed E-state index contributed by atoms with van der Waals surface area (Å²) in [5, 5.41) is 8.28. The molecule has 0 fully saturated rings. The highest BCUT2D eigenvalue weighted by atomic mass is 16.5. The number of hydrogen-bond donors (Lipinski definition) is 2. The molecule has 0 aliphatic heterocycles. The molecule has 2 amide bonds. The van der Waals surface area contributed by atoms with Gasteiger partial charge in [0.1, 0.15) is 11.5 Å². The summed E-state index contributed by atoms with van der Waals surface area (Å²) in [4.78, 5) is 51.1. The molecule has 0 aliphatic carbocycles. The number of carbonyl (C=O) groups is 4. The zero-order valence-electron chi connectivity index (χ0n) is 28.2. The molecular weight excluding hydrogens is 668 g/mol. The Bertz CT molecular complexity index is 2110. The third kappa shape index (κ3) is 9.83. The highest BCUT2D eigenvalue weighted by molar-refractivity contribution is 5.97. The lowest BCUT2D eigenvalue weighted by Gasteiger charge is -2.12. The van der Waals surface area contributed by atoms with E-state index < -0.39 is 23.8 Å². The number of esters is 2. The second kappa shape index (κ2) is 17.5. The van der Waals surface area contributed by atoms with Crippen LogP contribution < -0.4 is 20.3 Å². The van der Waals surface area contributed by atoms with Gasteiger partial charge < -0.3 is 9.47 Å². The van der Waals surface area contributed by atoms with Gasteiger partial charge in [-0.1, -0.05) is 84.9 Å². The van der Waals surface area contributed by atoms with Crippen molar-refractivity contribution in [1.82, 2.24) is 10.9 Å². The van der Waals surface area contributed by atoms with E-state index in [1.807, 2.05) is 24.3 Å². The van der Waals surface area contributed by atoms with E-state index in [1.165, 1.54) is 12.4 Å². The number of hydrogen-bond acceptors (Lipinski definition) is 8. The van der Waals surface area contributed by atoms with Gasteiger partial charge in [-0.3, -0.25) is 9.59 Å². The molecule has 0 spiro atoms. The van der Waals surface area contributed by atoms with Gasteiger partial charge in [-0.25, -0.2) is 20.4 Å². The summed E-state index contributed by atoms with van der Waals surface area (Å²) in [6.45, 7) is 0. The van der Waals surface area contributed by atoms with E-state index in [0.717, 1.165) is 11.1 Å². The van der Waals surface area contributed by atoms with Gasteiger partial charge in [-0.2, -0.15) is 10.2 Å². The molecule has 260 valence electrons. The van der Waals surface area contributed by atoms with Gasteiger partial charge in [0.25, 0.3) is 11.8 Å². The van der Waals surface area contributed by atoms with E-state index in [-0.39, 0.29) is 11.5 Å². The van der Waals surface area contributed by atoms with Crippen LogP contribution in [0, 0.1) is 0 Å². The molecule has 0 aliphatic rings. The van der Waals surface area contributed by atoms with Crippen LogP contribution >= 0.6 is 0 Å². The maximum Gasteiger partial charge on any atom is 0.343 e. The average molecular weight is 701 g/mol. The molecule has 6 aromatic rings. The summed E-state index contributed by atoms with van der Waals surface area (Å²) in [6.07, 6.45) is 3.23. The van der Waals surface area contributed by atoms with Gasteiger partial charge in [0.2, 0.25) is 0 Å². The van der Waals surface area contributed by atoms with Crippen LogP contribution in [0.4, 0.5) is 0 Å². The summed E-state index contributed by atoms with van der Waals surface area (Å²) in [6, 6.07) is 45.0. The summed E-state index contributed by atoms with van der Waals surface area (Å²) in [5.41, 5.74) is 9.16. The van der Waals surface area contributed by atoms with Gasteiger partial charge in [0, 0.05) is 22.3 Å². The predicted octanol–water partition coefficient (Wildman–Crippen LogP) is 7.24. The molecule has 10 nitrogen and oxygen atoms in total. The maximum absolute atomic E-state index is 12.9. The maximum atomic E-state index is 12.9. The third-order valence-electron chi connectivity index (χ3n) is 7.79. The van der Waals surface area contributed by atoms with Crippen molar-refractivity contribution in [3.05, 3.63) is 202 Å². The monoisotopic (exact) mass is 700 g/mol. The lowest BCUT2D eigenvalue weighted by molar-refractivity contribution is 0.0725. The Hall–Kier alpha value is -7.46. The van der Waals surface area contributed by atoms with E-state index >= 15 is 0 Å². The van der Waals surface area contributed by atoms with Crippen LogP contribution in [0.25, 0.3) is 0 Å². The van der Waals surface area contributed by atoms with Crippen molar-refractivity contribution in [2.45, 2.75) is 6.42 Å². The first-order valence-electron chi connectivity index (χ1n) is 16.5. The van der Waals surface area contributed by atoms with Crippen LogP contribution in [-0.2, 0) is 6.42 Å². The third-order valence-corrected chi connectivity index (χ3v) is 7.79. The lowest BCUT2D eigenvalue weighted by atomic mass is 10.0. The quantitative estimate of drug-likeness (QED) is 0.0598. The van der Waals surface area contributed by atoms with Gasteiger partial charge in [0.05, 0.1) is 23.6 Å². The number of nitrogens with zero attached hydrogens (tertiary/aromatic N) is 2. The van der Waals surface area contributed by atoms with Crippen molar-refractivity contribution < 1.29 is 28.7 Å². The topological polar surface area (TPSA) is 136 Å². The van der Waals surface area contributed by atoms with E-state index in [4.69, 9.17) is 9.47 Å². The Balaban J connectivity index is 1.26. The van der Waals surface area contributed by atoms with Gasteiger partial charge in [-0.05, 0) is 90.3 Å². The zero-order chi connectivity index (χ0) is 36.8. The number of hydrazone groups is 2. The predicted molar refractivity (Wildman–Crippen MR) is 201 cm³/mol. The molecule has 0 bridgehead atoms. The van der Waals surface area contributed by atoms with Crippen molar-refractivity contribution in [2.24, 2.45) is 10.2 Å². The Kier molecular flexibility index (Phi) is 11.7. The largest absolute Gasteiger partial charge is 0.422 e. The van der Waals surface area contributed by atoms with Gasteiger partial charge in [-0.15, -0.1) is 0 Å². The van der Waals surface area contributed by atoms with E-state index in [9.17, 15) is 19.2 Å². The lowest BCUT2D eigenvalue weighted by Crippen LogP contribution is -2.17. The molecule has 2 N–H and O–H groups in total. The highest BCUT2D eigenvalue weighted by Crippen LogP contribution is 2.25. The molecule has 6 aromatic carbocycles. The Labute approximate surface area is 305 Å². The summed E-state index contributed by atoms with van der Waals surface area (Å²) >= 11 is 0. The molecule has 53 heavy (non-hydrogen) atoms. The molecular formula is C43H32N4O6. The standard InChI is InChI=1S/C43H32N4O6/c48-40(32-13-5-1-6-14-32)46-44-28-36-26-30(21-23-38(36)52-42(50)34-17-9-3-10-18-34)25-31-22-24-39(53-43(51)35-19-11-4-12-20-35)37(27-31)29-45-47-41(49)33-15-7-2-8-16-33/h1-24,26-29H,25H2,(H,46,48)(H,47,49). The van der Waals surface area contributed by atoms with Gasteiger partial charge >= 0.3 is 11.9 Å². The molecule has 0 saturated heterocycles. The fourth-order valence-electron chi connectivity index (χ4n) is 5.13. The van der Waals surface area contributed by atoms with Crippen molar-refractivity contribution in [1.29, 1.82) is 0 Å². The minimum atomic E-state index is -0.551. The zero-order valence-corrected chi connectivity index (χ0v) is 28.2. The molecule has 0 atom stereocenters. The first-order chi connectivity index (χ1) is 25.9. The normalized spacial score (nSPS) is 10.9. The highest BCUT2D eigenvalue weighted by Gasteiger charge is 2.15. The number of rotatable bonds is 12. The fourth-order valence-corrected chi connectivity index (χ4v) is 5.13. The molecule has 0 unspecified atom stereocenters. The van der Waals surface area contributed by atoms with E-state index in [0.29, 0.717) is 39.8 Å². The van der Waals surface area contributed by atoms with Crippen molar-refractivity contribution >= 4 is 36.2 Å². The molecule has 0 saturated carbocycles. The number of carbonyl (C=O) groups excluding carboxylic acids is 4. The molecule has 0 heterocycles. The summed E-state index contributed by atoms with van der Waals surface area (Å²) in [5.74, 6) is -1.42. The number of benzene rings is 6. The minimum Gasteiger partial charge on any atom is -0.422 e. The van der Waals surface area contributed by atoms with Gasteiger partial charge in [0.15, 0.2) is 0 Å². The first kappa shape index (κ1) is 35.4. The van der Waals surface area contributed by atoms with Crippen LogP contribution in [0.1, 0.15) is 63.7 Å². The van der Waals surface area contributed by atoms with Crippen LogP contribution in [0.15, 0.2) is 168 Å². The average Bonchev–Trinajstić information content (AvgIpc) is 3.20. The van der Waals surface area contributed by atoms with Crippen LogP contribution in [0.2, 0.25) is 0 Å². The molecule has 0 aromatic heterocycles. The minimum absolute atomic E-state index is 0.241. The second-order valence-electron chi connectivity index (χ2n) is 11.6. The first-order valence-corrected chi connectivity index (χ1v) is 16.5. The fraction of sp³-hybridized carbons (Fsp3) is 0.0233.